The zero-order chi connectivity index (χ0) is 18.9. The fourth-order valence-corrected chi connectivity index (χ4v) is 3.48. The molecule has 1 amide bonds. The van der Waals surface area contributed by atoms with Crippen molar-refractivity contribution in [2.45, 2.75) is 25.4 Å². The van der Waals surface area contributed by atoms with Crippen molar-refractivity contribution < 1.29 is 14.5 Å². The van der Waals surface area contributed by atoms with Gasteiger partial charge in [0.15, 0.2) is 0 Å². The van der Waals surface area contributed by atoms with E-state index in [1.54, 1.807) is 31.2 Å². The molecule has 1 aliphatic rings. The van der Waals surface area contributed by atoms with Gasteiger partial charge in [-0.15, -0.1) is 0 Å². The first-order valence-electron chi connectivity index (χ1n) is 8.06. The smallest absolute Gasteiger partial charge is 0.293 e. The van der Waals surface area contributed by atoms with E-state index in [1.165, 1.54) is 0 Å². The maximum Gasteiger partial charge on any atom is 0.293 e. The van der Waals surface area contributed by atoms with E-state index < -0.39 is 28.9 Å². The summed E-state index contributed by atoms with van der Waals surface area (Å²) in [6.45, 7) is 3.06. The van der Waals surface area contributed by atoms with Crippen LogP contribution in [0.5, 0.6) is 0 Å². The number of halogens is 1. The molecule has 0 unspecified atom stereocenters. The molecular weight excluding hydrogens is 400 g/mol. The van der Waals surface area contributed by atoms with E-state index in [-0.39, 0.29) is 5.90 Å². The Bertz CT molecular complexity index is 912. The summed E-state index contributed by atoms with van der Waals surface area (Å²) in [4.78, 5) is 27.6. The highest BCUT2D eigenvalue weighted by atomic mass is 79.9. The van der Waals surface area contributed by atoms with Gasteiger partial charge in [-0.2, -0.15) is 4.99 Å². The van der Waals surface area contributed by atoms with Crippen LogP contribution >= 0.6 is 15.9 Å². The minimum absolute atomic E-state index is 0.199. The molecule has 0 N–H and O–H groups in total. The molecule has 0 aromatic heterocycles. The molecule has 0 spiro atoms. The molecule has 0 saturated heterocycles. The molecule has 2 atom stereocenters. The number of aliphatic imine (C=N–C) groups is 1. The topological polar surface area (TPSA) is 81.8 Å². The quantitative estimate of drug-likeness (QED) is 0.546. The highest BCUT2D eigenvalue weighted by Gasteiger charge is 2.51. The Morgan fingerprint density at radius 2 is 2.00 bits per heavy atom. The lowest BCUT2D eigenvalue weighted by atomic mass is 9.82. The van der Waals surface area contributed by atoms with Gasteiger partial charge in [0.2, 0.25) is 18.0 Å². The summed E-state index contributed by atoms with van der Waals surface area (Å²) in [6.07, 6.45) is 0. The van der Waals surface area contributed by atoms with Gasteiger partial charge in [-0.3, -0.25) is 14.9 Å². The first-order chi connectivity index (χ1) is 12.3. The van der Waals surface area contributed by atoms with Crippen LogP contribution in [-0.4, -0.2) is 28.9 Å². The number of carbonyl (C=O) groups is 1. The average Bonchev–Trinajstić information content (AvgIpc) is 2.89. The predicted octanol–water partition coefficient (Wildman–Crippen LogP) is 3.88. The summed E-state index contributed by atoms with van der Waals surface area (Å²) in [5, 5.41) is 11.3. The van der Waals surface area contributed by atoms with Gasteiger partial charge >= 0.3 is 0 Å². The molecule has 1 aliphatic heterocycles. The first-order valence-corrected chi connectivity index (χ1v) is 8.85. The van der Waals surface area contributed by atoms with E-state index >= 15 is 0 Å². The molecule has 0 aliphatic carbocycles. The summed E-state index contributed by atoms with van der Waals surface area (Å²) in [5.74, 6) is -1.08. The number of amides is 1. The lowest BCUT2D eigenvalue weighted by Gasteiger charge is -2.29. The number of hydrogen-bond donors (Lipinski definition) is 0. The van der Waals surface area contributed by atoms with Crippen LogP contribution in [0, 0.1) is 17.0 Å². The molecule has 3 rings (SSSR count). The number of nitrogens with zero attached hydrogens (tertiary/aromatic N) is 2. The average molecular weight is 417 g/mol. The van der Waals surface area contributed by atoms with Crippen LogP contribution in [-0.2, 0) is 9.53 Å². The molecule has 0 bridgehead atoms. The van der Waals surface area contributed by atoms with Gasteiger partial charge in [0.05, 0.1) is 5.92 Å². The molecule has 0 radical (unpaired) electrons. The van der Waals surface area contributed by atoms with E-state index in [9.17, 15) is 14.9 Å². The Morgan fingerprint density at radius 1 is 1.27 bits per heavy atom. The predicted molar refractivity (Wildman–Crippen MR) is 101 cm³/mol. The van der Waals surface area contributed by atoms with Gasteiger partial charge in [0.25, 0.3) is 5.91 Å². The van der Waals surface area contributed by atoms with Crippen LogP contribution in [0.2, 0.25) is 0 Å². The molecule has 7 heteroatoms. The number of carbonyl (C=O) groups excluding carboxylic acids is 1. The monoisotopic (exact) mass is 416 g/mol. The van der Waals surface area contributed by atoms with Crippen LogP contribution in [0.25, 0.3) is 0 Å². The van der Waals surface area contributed by atoms with Gasteiger partial charge in [-0.1, -0.05) is 45.8 Å². The molecule has 1 heterocycles. The Labute approximate surface area is 159 Å². The number of nitro groups is 1. The van der Waals surface area contributed by atoms with E-state index in [0.29, 0.717) is 11.1 Å². The van der Waals surface area contributed by atoms with Gasteiger partial charge in [0.1, 0.15) is 0 Å². The van der Waals surface area contributed by atoms with Gasteiger partial charge in [-0.05, 0) is 43.7 Å². The van der Waals surface area contributed by atoms with Crippen molar-refractivity contribution in [2.75, 3.05) is 6.54 Å². The zero-order valence-corrected chi connectivity index (χ0v) is 15.9. The highest BCUT2D eigenvalue weighted by molar-refractivity contribution is 9.10. The Morgan fingerprint density at radius 3 is 2.65 bits per heavy atom. The van der Waals surface area contributed by atoms with Crippen LogP contribution in [0.3, 0.4) is 0 Å². The maximum absolute atomic E-state index is 12.7. The number of ether oxygens (including phenoxy) is 1. The third-order valence-corrected chi connectivity index (χ3v) is 4.94. The molecule has 0 fully saturated rings. The summed E-state index contributed by atoms with van der Waals surface area (Å²) < 4.78 is 6.72. The van der Waals surface area contributed by atoms with Gasteiger partial charge in [-0.25, -0.2) is 0 Å². The summed E-state index contributed by atoms with van der Waals surface area (Å²) in [6, 6.07) is 14.5. The van der Waals surface area contributed by atoms with Crippen molar-refractivity contribution in [3.05, 3.63) is 79.8 Å². The molecule has 134 valence electrons. The fourth-order valence-electron chi connectivity index (χ4n) is 3.06. The van der Waals surface area contributed by atoms with Crippen LogP contribution < -0.4 is 0 Å². The lowest BCUT2D eigenvalue weighted by molar-refractivity contribution is -0.486. The minimum Gasteiger partial charge on any atom is -0.460 e. The number of aryl methyl sites for hydroxylation is 1. The third-order valence-electron chi connectivity index (χ3n) is 4.45. The fraction of sp³-hybridized carbons (Fsp3) is 0.263. The minimum atomic E-state index is -1.44. The van der Waals surface area contributed by atoms with E-state index in [0.717, 1.165) is 10.0 Å². The first kappa shape index (κ1) is 18.3. The molecule has 0 saturated carbocycles. The van der Waals surface area contributed by atoms with Crippen molar-refractivity contribution in [1.82, 2.24) is 0 Å². The second kappa shape index (κ2) is 6.99. The van der Waals surface area contributed by atoms with Crippen molar-refractivity contribution in [2.24, 2.45) is 4.99 Å². The summed E-state index contributed by atoms with van der Waals surface area (Å²) in [5.41, 5.74) is 0.889. The molecule has 2 aromatic carbocycles. The summed E-state index contributed by atoms with van der Waals surface area (Å²) >= 11 is 3.37. The molecule has 26 heavy (non-hydrogen) atoms. The molecule has 6 nitrogen and oxygen atoms in total. The Balaban J connectivity index is 1.99. The van der Waals surface area contributed by atoms with E-state index in [2.05, 4.69) is 20.9 Å². The van der Waals surface area contributed by atoms with Crippen molar-refractivity contribution in [3.63, 3.8) is 0 Å². The Kier molecular flexibility index (Phi) is 4.91. The third kappa shape index (κ3) is 3.53. The van der Waals surface area contributed by atoms with Crippen LogP contribution in [0.1, 0.15) is 29.5 Å². The normalized spacial score (nSPS) is 20.4. The lowest BCUT2D eigenvalue weighted by Crippen LogP contribution is -2.43. The zero-order valence-electron chi connectivity index (χ0n) is 14.3. The van der Waals surface area contributed by atoms with E-state index in [1.807, 2.05) is 31.2 Å². The molecular formula is C19H17BrN2O4. The Hall–Kier alpha value is -2.54. The van der Waals surface area contributed by atoms with Crippen molar-refractivity contribution >= 4 is 27.7 Å². The largest absolute Gasteiger partial charge is 0.460 e. The maximum atomic E-state index is 12.7. The second-order valence-electron chi connectivity index (χ2n) is 6.42. The highest BCUT2D eigenvalue weighted by Crippen LogP contribution is 2.38. The van der Waals surface area contributed by atoms with Crippen LogP contribution in [0.15, 0.2) is 58.0 Å². The number of benzene rings is 2. The van der Waals surface area contributed by atoms with Crippen molar-refractivity contribution in [1.29, 1.82) is 0 Å². The summed E-state index contributed by atoms with van der Waals surface area (Å²) in [7, 11) is 0. The van der Waals surface area contributed by atoms with Crippen molar-refractivity contribution in [3.8, 4) is 0 Å². The molecule has 2 aromatic rings. The number of hydrogen-bond acceptors (Lipinski definition) is 4. The van der Waals surface area contributed by atoms with E-state index in [4.69, 9.17) is 4.74 Å². The van der Waals surface area contributed by atoms with Gasteiger partial charge < -0.3 is 4.74 Å². The van der Waals surface area contributed by atoms with Crippen LogP contribution in [0.4, 0.5) is 0 Å². The standard InChI is InChI=1S/C19H17BrN2O4/c1-12-5-3-7-14(9-12)17-21-18(23)19(2,26-17)16(11-22(24)25)13-6-4-8-15(20)10-13/h3-10,16H,11H2,1-2H3/t16-,19+/m0/s1. The second-order valence-corrected chi connectivity index (χ2v) is 7.34. The van der Waals surface area contributed by atoms with Gasteiger partial charge in [0, 0.05) is 15.0 Å². The number of rotatable bonds is 5. The SMILES string of the molecule is Cc1cccc(C2=NC(=O)[C@@](C)([C@@H](C[N+](=O)[O-])c3cccc(Br)c3)O2)c1.